The van der Waals surface area contributed by atoms with Gasteiger partial charge >= 0.3 is 0 Å². The molecule has 3 aromatic heterocycles. The number of fused-ring (bicyclic) bond motifs is 1. The van der Waals surface area contributed by atoms with Gasteiger partial charge < -0.3 is 19.2 Å². The molecule has 5 rings (SSSR count). The number of aryl methyl sites for hydroxylation is 2. The lowest BCUT2D eigenvalue weighted by atomic mass is 10.1. The molecule has 0 bridgehead atoms. The SMILES string of the molecule is C=c1[nH]c(=O)/c(=C\c2ccc(OCCn3c(-c4ccc(OC)c(OC)c4)nc4c(CCC)nn(C)c4c3=O)cc2)s1. The maximum Gasteiger partial charge on any atom is 0.280 e. The number of H-pyrrole nitrogens is 1. The molecule has 0 amide bonds. The van der Waals surface area contributed by atoms with Crippen molar-refractivity contribution in [1.82, 2.24) is 24.3 Å². The van der Waals surface area contributed by atoms with Crippen LogP contribution < -0.4 is 34.5 Å². The molecular formula is C30H31N5O5S. The first-order valence-corrected chi connectivity index (χ1v) is 14.0. The monoisotopic (exact) mass is 573 g/mol. The van der Waals surface area contributed by atoms with Gasteiger partial charge in [-0.1, -0.05) is 32.1 Å². The van der Waals surface area contributed by atoms with Crippen LogP contribution >= 0.6 is 11.3 Å². The van der Waals surface area contributed by atoms with Crippen LogP contribution in [-0.4, -0.2) is 45.1 Å². The van der Waals surface area contributed by atoms with E-state index < -0.39 is 0 Å². The Bertz CT molecular complexity index is 1940. The summed E-state index contributed by atoms with van der Waals surface area (Å²) in [4.78, 5) is 33.4. The van der Waals surface area contributed by atoms with Gasteiger partial charge in [0.15, 0.2) is 17.0 Å². The lowest BCUT2D eigenvalue weighted by Crippen LogP contribution is -2.27. The topological polar surface area (TPSA) is 113 Å². The van der Waals surface area contributed by atoms with Gasteiger partial charge in [-0.25, -0.2) is 4.98 Å². The van der Waals surface area contributed by atoms with Crippen molar-refractivity contribution >= 4 is 35.0 Å². The lowest BCUT2D eigenvalue weighted by Gasteiger charge is -2.15. The highest BCUT2D eigenvalue weighted by Gasteiger charge is 2.20. The van der Waals surface area contributed by atoms with Crippen molar-refractivity contribution in [2.45, 2.75) is 26.3 Å². The quantitative estimate of drug-likeness (QED) is 0.273. The number of methoxy groups -OCH3 is 2. The predicted octanol–water partition coefficient (Wildman–Crippen LogP) is 2.83. The number of rotatable bonds is 10. The summed E-state index contributed by atoms with van der Waals surface area (Å²) in [6.45, 7) is 6.32. The summed E-state index contributed by atoms with van der Waals surface area (Å²) in [5.41, 5.74) is 3.07. The molecule has 3 heterocycles. The summed E-state index contributed by atoms with van der Waals surface area (Å²) < 4.78 is 21.3. The maximum atomic E-state index is 13.8. The van der Waals surface area contributed by atoms with E-state index >= 15 is 0 Å². The van der Waals surface area contributed by atoms with Crippen LogP contribution in [0.15, 0.2) is 52.1 Å². The molecule has 2 aromatic carbocycles. The normalized spacial score (nSPS) is 11.8. The molecule has 11 heteroatoms. The number of aromatic amines is 1. The molecule has 41 heavy (non-hydrogen) atoms. The first-order valence-electron chi connectivity index (χ1n) is 13.1. The third-order valence-corrected chi connectivity index (χ3v) is 7.48. The Balaban J connectivity index is 1.47. The molecule has 0 unspecified atom stereocenters. The zero-order valence-electron chi connectivity index (χ0n) is 23.4. The standard InChI is InChI=1S/C30H31N5O5S/c1-6-7-22-26-27(34(3)33-22)30(37)35(28(32-26)20-10-13-23(38-4)24(17-20)39-5)14-15-40-21-11-8-19(9-12-21)16-25-29(36)31-18(2)41-25/h8-13,16-17H,2,6-7,14-15H2,1,3-5H3,(H,31,36)/b25-16+. The molecule has 0 saturated carbocycles. The van der Waals surface area contributed by atoms with E-state index in [0.29, 0.717) is 55.3 Å². The molecule has 0 fully saturated rings. The Hall–Kier alpha value is -4.64. The van der Waals surface area contributed by atoms with E-state index in [2.05, 4.69) is 23.6 Å². The molecule has 0 saturated heterocycles. The van der Waals surface area contributed by atoms with Crippen molar-refractivity contribution in [2.75, 3.05) is 20.8 Å². The van der Waals surface area contributed by atoms with Crippen molar-refractivity contribution in [3.05, 3.63) is 83.6 Å². The second kappa shape index (κ2) is 11.8. The van der Waals surface area contributed by atoms with E-state index in [1.165, 1.54) is 11.3 Å². The zero-order valence-corrected chi connectivity index (χ0v) is 24.2. The summed E-state index contributed by atoms with van der Waals surface area (Å²) in [5, 5.41) is 4.59. The first-order chi connectivity index (χ1) is 19.8. The number of hydrogen-bond donors (Lipinski definition) is 1. The summed E-state index contributed by atoms with van der Waals surface area (Å²) in [7, 11) is 4.91. The fraction of sp³-hybridized carbons (Fsp3) is 0.267. The van der Waals surface area contributed by atoms with Crippen LogP contribution in [0.4, 0.5) is 0 Å². The summed E-state index contributed by atoms with van der Waals surface area (Å²) in [6, 6.07) is 12.9. The molecule has 0 aliphatic heterocycles. The van der Waals surface area contributed by atoms with E-state index in [0.717, 1.165) is 17.7 Å². The van der Waals surface area contributed by atoms with Gasteiger partial charge in [0.05, 0.1) is 35.7 Å². The molecule has 5 aromatic rings. The minimum atomic E-state index is -0.198. The van der Waals surface area contributed by atoms with Crippen LogP contribution in [-0.2, 0) is 20.0 Å². The number of benzene rings is 2. The second-order valence-electron chi connectivity index (χ2n) is 9.38. The van der Waals surface area contributed by atoms with Gasteiger partial charge in [-0.15, -0.1) is 11.3 Å². The van der Waals surface area contributed by atoms with Crippen LogP contribution in [0.25, 0.3) is 35.1 Å². The Labute approximate surface area is 239 Å². The number of ether oxygens (including phenoxy) is 3. The molecule has 0 aliphatic rings. The number of thiazole rings is 1. The van der Waals surface area contributed by atoms with Crippen molar-refractivity contribution in [3.8, 4) is 28.6 Å². The molecule has 0 aliphatic carbocycles. The van der Waals surface area contributed by atoms with Crippen LogP contribution in [0.2, 0.25) is 0 Å². The third-order valence-electron chi connectivity index (χ3n) is 6.61. The van der Waals surface area contributed by atoms with E-state index in [1.54, 1.807) is 42.7 Å². The van der Waals surface area contributed by atoms with Crippen LogP contribution in [0.1, 0.15) is 24.6 Å². The summed E-state index contributed by atoms with van der Waals surface area (Å²) in [6.07, 6.45) is 3.40. The third kappa shape index (κ3) is 5.66. The Morgan fingerprint density at radius 2 is 1.83 bits per heavy atom. The Morgan fingerprint density at radius 3 is 2.49 bits per heavy atom. The minimum absolute atomic E-state index is 0.156. The highest BCUT2D eigenvalue weighted by atomic mass is 32.1. The minimum Gasteiger partial charge on any atom is -0.493 e. The highest BCUT2D eigenvalue weighted by molar-refractivity contribution is 7.07. The van der Waals surface area contributed by atoms with Gasteiger partial charge in [0.1, 0.15) is 23.7 Å². The first kappa shape index (κ1) is 27.9. The fourth-order valence-corrected chi connectivity index (χ4v) is 5.43. The maximum absolute atomic E-state index is 13.8. The van der Waals surface area contributed by atoms with E-state index in [-0.39, 0.29) is 24.3 Å². The van der Waals surface area contributed by atoms with Crippen molar-refractivity contribution in [3.63, 3.8) is 0 Å². The molecular weight excluding hydrogens is 542 g/mol. The van der Waals surface area contributed by atoms with Crippen molar-refractivity contribution in [1.29, 1.82) is 0 Å². The Morgan fingerprint density at radius 1 is 1.07 bits per heavy atom. The van der Waals surface area contributed by atoms with Gasteiger partial charge in [0, 0.05) is 12.6 Å². The molecule has 1 N–H and O–H groups in total. The van der Waals surface area contributed by atoms with Crippen LogP contribution in [0, 0.1) is 0 Å². The average molecular weight is 574 g/mol. The van der Waals surface area contributed by atoms with Crippen molar-refractivity contribution < 1.29 is 14.2 Å². The van der Waals surface area contributed by atoms with Crippen LogP contribution in [0.5, 0.6) is 17.2 Å². The second-order valence-corrected chi connectivity index (χ2v) is 10.5. The number of nitrogens with one attached hydrogen (secondary N) is 1. The van der Waals surface area contributed by atoms with Gasteiger partial charge in [0.25, 0.3) is 11.1 Å². The average Bonchev–Trinajstić information content (AvgIpc) is 3.46. The van der Waals surface area contributed by atoms with E-state index in [1.807, 2.05) is 36.4 Å². The number of aromatic nitrogens is 5. The van der Waals surface area contributed by atoms with E-state index in [4.69, 9.17) is 19.2 Å². The lowest BCUT2D eigenvalue weighted by molar-refractivity contribution is 0.297. The highest BCUT2D eigenvalue weighted by Crippen LogP contribution is 2.32. The smallest absolute Gasteiger partial charge is 0.280 e. The molecule has 212 valence electrons. The summed E-state index contributed by atoms with van der Waals surface area (Å²) >= 11 is 1.31. The largest absolute Gasteiger partial charge is 0.493 e. The predicted molar refractivity (Wildman–Crippen MR) is 161 cm³/mol. The fourth-order valence-electron chi connectivity index (χ4n) is 4.68. The van der Waals surface area contributed by atoms with Crippen LogP contribution in [0.3, 0.4) is 0 Å². The van der Waals surface area contributed by atoms with E-state index in [9.17, 15) is 9.59 Å². The van der Waals surface area contributed by atoms with Crippen molar-refractivity contribution in [2.24, 2.45) is 7.05 Å². The molecule has 0 atom stereocenters. The Kier molecular flexibility index (Phi) is 8.06. The zero-order chi connectivity index (χ0) is 29.1. The molecule has 0 spiro atoms. The number of nitrogens with zero attached hydrogens (tertiary/aromatic N) is 4. The van der Waals surface area contributed by atoms with Gasteiger partial charge in [-0.2, -0.15) is 5.10 Å². The molecule has 0 radical (unpaired) electrons. The van der Waals surface area contributed by atoms with Gasteiger partial charge in [-0.3, -0.25) is 18.8 Å². The molecule has 10 nitrogen and oxygen atoms in total. The van der Waals surface area contributed by atoms with Gasteiger partial charge in [-0.05, 0) is 48.4 Å². The summed E-state index contributed by atoms with van der Waals surface area (Å²) in [5.74, 6) is 2.25. The van der Waals surface area contributed by atoms with Gasteiger partial charge in [0.2, 0.25) is 0 Å². The number of hydrogen-bond acceptors (Lipinski definition) is 8.